The second-order valence-electron chi connectivity index (χ2n) is 5.02. The van der Waals surface area contributed by atoms with Gasteiger partial charge in [0, 0.05) is 4.90 Å². The predicted octanol–water partition coefficient (Wildman–Crippen LogP) is 4.16. The molecule has 1 saturated carbocycles. The van der Waals surface area contributed by atoms with E-state index >= 15 is 0 Å². The van der Waals surface area contributed by atoms with Crippen molar-refractivity contribution in [2.45, 2.75) is 56.4 Å². The highest BCUT2D eigenvalue weighted by Crippen LogP contribution is 2.22. The molecule has 0 heterocycles. The van der Waals surface area contributed by atoms with Crippen LogP contribution in [0.4, 0.5) is 0 Å². The fourth-order valence-corrected chi connectivity index (χ4v) is 2.61. The average molecular weight is 264 g/mol. The van der Waals surface area contributed by atoms with Crippen LogP contribution in [-0.4, -0.2) is 12.1 Å². The summed E-state index contributed by atoms with van der Waals surface area (Å²) in [5.41, 5.74) is 1.60. The quantitative estimate of drug-likeness (QED) is 0.493. The van der Waals surface area contributed by atoms with Gasteiger partial charge >= 0.3 is 5.97 Å². The van der Waals surface area contributed by atoms with E-state index < -0.39 is 0 Å². The molecule has 1 fully saturated rings. The average Bonchev–Trinajstić information content (AvgIpc) is 2.61. The fraction of sp³-hybridized carbons (Fsp3) is 0.533. The van der Waals surface area contributed by atoms with Gasteiger partial charge in [-0.3, -0.25) is 0 Å². The molecule has 2 nitrogen and oxygen atoms in total. The Hall–Kier alpha value is -0.960. The molecule has 0 atom stereocenters. The van der Waals surface area contributed by atoms with E-state index in [0.717, 1.165) is 23.3 Å². The Morgan fingerprint density at radius 1 is 1.22 bits per heavy atom. The molecule has 3 heteroatoms. The van der Waals surface area contributed by atoms with Gasteiger partial charge in [-0.25, -0.2) is 4.79 Å². The second kappa shape index (κ2) is 6.28. The number of rotatable bonds is 2. The van der Waals surface area contributed by atoms with Crippen molar-refractivity contribution in [3.05, 3.63) is 29.3 Å². The zero-order valence-corrected chi connectivity index (χ0v) is 11.7. The maximum Gasteiger partial charge on any atom is 0.338 e. The van der Waals surface area contributed by atoms with Crippen molar-refractivity contribution >= 4 is 18.6 Å². The minimum Gasteiger partial charge on any atom is -0.459 e. The molecule has 2 rings (SSSR count). The monoisotopic (exact) mass is 264 g/mol. The van der Waals surface area contributed by atoms with E-state index in [0.29, 0.717) is 5.56 Å². The molecule has 18 heavy (non-hydrogen) atoms. The van der Waals surface area contributed by atoms with Gasteiger partial charge in [0.15, 0.2) is 0 Å². The Bertz CT molecular complexity index is 421. The minimum absolute atomic E-state index is 0.1000. The summed E-state index contributed by atoms with van der Waals surface area (Å²) in [6.07, 6.45) is 6.98. The molecule has 0 N–H and O–H groups in total. The molecule has 0 aromatic heterocycles. The molecule has 0 radical (unpaired) electrons. The first-order chi connectivity index (χ1) is 8.66. The van der Waals surface area contributed by atoms with Gasteiger partial charge < -0.3 is 4.74 Å². The van der Waals surface area contributed by atoms with Crippen LogP contribution in [0.15, 0.2) is 23.1 Å². The van der Waals surface area contributed by atoms with Crippen molar-refractivity contribution in [2.24, 2.45) is 0 Å². The van der Waals surface area contributed by atoms with Crippen LogP contribution < -0.4 is 0 Å². The molecule has 0 unspecified atom stereocenters. The molecular weight excluding hydrogens is 244 g/mol. The molecular formula is C15H20O2S. The van der Waals surface area contributed by atoms with Gasteiger partial charge in [-0.05, 0) is 50.3 Å². The summed E-state index contributed by atoms with van der Waals surface area (Å²) in [7, 11) is 0. The number of carbonyl (C=O) groups is 1. The van der Waals surface area contributed by atoms with Gasteiger partial charge in [-0.2, -0.15) is 0 Å². The summed E-state index contributed by atoms with van der Waals surface area (Å²) < 4.78 is 5.62. The summed E-state index contributed by atoms with van der Waals surface area (Å²) >= 11 is 4.27. The summed E-state index contributed by atoms with van der Waals surface area (Å²) in [5, 5.41) is 0. The van der Waals surface area contributed by atoms with Crippen LogP contribution in [0.1, 0.15) is 54.4 Å². The maximum atomic E-state index is 12.1. The molecule has 0 spiro atoms. The molecule has 98 valence electrons. The predicted molar refractivity (Wildman–Crippen MR) is 75.3 cm³/mol. The van der Waals surface area contributed by atoms with Crippen molar-refractivity contribution in [1.29, 1.82) is 0 Å². The fourth-order valence-electron chi connectivity index (χ4n) is 2.40. The third-order valence-corrected chi connectivity index (χ3v) is 3.80. The minimum atomic E-state index is -0.199. The molecule has 1 aromatic carbocycles. The molecule has 0 aliphatic heterocycles. The molecule has 1 aliphatic rings. The van der Waals surface area contributed by atoms with Crippen molar-refractivity contribution in [1.82, 2.24) is 0 Å². The van der Waals surface area contributed by atoms with E-state index in [-0.39, 0.29) is 12.1 Å². The number of aryl methyl sites for hydroxylation is 1. The van der Waals surface area contributed by atoms with Gasteiger partial charge in [0.2, 0.25) is 0 Å². The summed E-state index contributed by atoms with van der Waals surface area (Å²) in [6.45, 7) is 1.93. The van der Waals surface area contributed by atoms with Gasteiger partial charge in [0.1, 0.15) is 6.10 Å². The highest BCUT2D eigenvalue weighted by atomic mass is 32.1. The van der Waals surface area contributed by atoms with Gasteiger partial charge in [-0.15, -0.1) is 12.6 Å². The summed E-state index contributed by atoms with van der Waals surface area (Å²) in [6, 6.07) is 5.59. The third kappa shape index (κ3) is 3.52. The number of thiol groups is 1. The lowest BCUT2D eigenvalue weighted by molar-refractivity contribution is 0.0266. The molecule has 0 saturated heterocycles. The first-order valence-corrected chi connectivity index (χ1v) is 7.12. The lowest BCUT2D eigenvalue weighted by Gasteiger charge is -2.16. The highest BCUT2D eigenvalue weighted by molar-refractivity contribution is 7.80. The van der Waals surface area contributed by atoms with Gasteiger partial charge in [0.25, 0.3) is 0 Å². The van der Waals surface area contributed by atoms with Gasteiger partial charge in [-0.1, -0.05) is 18.9 Å². The van der Waals surface area contributed by atoms with Crippen LogP contribution in [0.25, 0.3) is 0 Å². The van der Waals surface area contributed by atoms with Crippen LogP contribution in [0, 0.1) is 6.92 Å². The highest BCUT2D eigenvalue weighted by Gasteiger charge is 2.19. The van der Waals surface area contributed by atoms with Crippen LogP contribution in [0.3, 0.4) is 0 Å². The van der Waals surface area contributed by atoms with Crippen LogP contribution in [0.2, 0.25) is 0 Å². The number of hydrogen-bond acceptors (Lipinski definition) is 3. The Balaban J connectivity index is 2.04. The van der Waals surface area contributed by atoms with Crippen LogP contribution in [-0.2, 0) is 4.74 Å². The van der Waals surface area contributed by atoms with E-state index in [4.69, 9.17) is 4.74 Å². The van der Waals surface area contributed by atoms with Crippen LogP contribution in [0.5, 0.6) is 0 Å². The van der Waals surface area contributed by atoms with E-state index in [9.17, 15) is 4.79 Å². The standard InChI is InChI=1S/C15H20O2S/c1-11-8-9-13(18)10-14(11)15(16)17-12-6-4-2-3-5-7-12/h8-10,12,18H,2-7H2,1H3. The normalized spacial score (nSPS) is 17.2. The Labute approximate surface area is 114 Å². The van der Waals surface area contributed by atoms with Crippen molar-refractivity contribution in [3.63, 3.8) is 0 Å². The number of hydrogen-bond donors (Lipinski definition) is 1. The molecule has 0 amide bonds. The van der Waals surface area contributed by atoms with Crippen molar-refractivity contribution in [3.8, 4) is 0 Å². The molecule has 0 bridgehead atoms. The van der Waals surface area contributed by atoms with E-state index in [1.165, 1.54) is 25.7 Å². The Morgan fingerprint density at radius 3 is 2.56 bits per heavy atom. The maximum absolute atomic E-state index is 12.1. The largest absolute Gasteiger partial charge is 0.459 e. The smallest absolute Gasteiger partial charge is 0.338 e. The SMILES string of the molecule is Cc1ccc(S)cc1C(=O)OC1CCCCCC1. The summed E-state index contributed by atoms with van der Waals surface area (Å²) in [4.78, 5) is 12.9. The zero-order valence-electron chi connectivity index (χ0n) is 10.8. The lowest BCUT2D eigenvalue weighted by atomic mass is 10.1. The molecule has 1 aliphatic carbocycles. The van der Waals surface area contributed by atoms with Crippen molar-refractivity contribution in [2.75, 3.05) is 0 Å². The second-order valence-corrected chi connectivity index (χ2v) is 5.53. The third-order valence-electron chi connectivity index (χ3n) is 3.52. The van der Waals surface area contributed by atoms with Gasteiger partial charge in [0.05, 0.1) is 5.56 Å². The Morgan fingerprint density at radius 2 is 1.89 bits per heavy atom. The zero-order chi connectivity index (χ0) is 13.0. The van der Waals surface area contributed by atoms with Crippen molar-refractivity contribution < 1.29 is 9.53 Å². The first-order valence-electron chi connectivity index (χ1n) is 6.67. The van der Waals surface area contributed by atoms with E-state index in [1.807, 2.05) is 19.1 Å². The Kier molecular flexibility index (Phi) is 4.70. The first kappa shape index (κ1) is 13.5. The number of benzene rings is 1. The van der Waals surface area contributed by atoms with E-state index in [2.05, 4.69) is 12.6 Å². The molecule has 1 aromatic rings. The van der Waals surface area contributed by atoms with E-state index in [1.54, 1.807) is 6.07 Å². The topological polar surface area (TPSA) is 26.3 Å². The lowest BCUT2D eigenvalue weighted by Crippen LogP contribution is -2.18. The van der Waals surface area contributed by atoms with Crippen LogP contribution >= 0.6 is 12.6 Å². The summed E-state index contributed by atoms with van der Waals surface area (Å²) in [5.74, 6) is -0.199. The number of carbonyl (C=O) groups excluding carboxylic acids is 1. The number of ether oxygens (including phenoxy) is 1. The number of esters is 1.